The lowest BCUT2D eigenvalue weighted by atomic mass is 10.2. The van der Waals surface area contributed by atoms with Crippen LogP contribution in [0.15, 0.2) is 53.4 Å². The van der Waals surface area contributed by atoms with Crippen molar-refractivity contribution in [1.29, 1.82) is 0 Å². The fourth-order valence-corrected chi connectivity index (χ4v) is 3.71. The molecule has 138 valence electrons. The molecule has 0 bridgehead atoms. The number of amides is 1. The van der Waals surface area contributed by atoms with Crippen LogP contribution in [-0.4, -0.2) is 32.7 Å². The fraction of sp³-hybridized carbons (Fsp3) is 0.105. The number of benzene rings is 2. The maximum absolute atomic E-state index is 12.3. The molecule has 2 aromatic rings. The normalized spacial score (nSPS) is 15.4. The van der Waals surface area contributed by atoms with Crippen molar-refractivity contribution in [3.63, 3.8) is 0 Å². The smallest absolute Gasteiger partial charge is 0.323 e. The lowest BCUT2D eigenvalue weighted by Crippen LogP contribution is -2.33. The summed E-state index contributed by atoms with van der Waals surface area (Å²) in [5.74, 6) is -0.800. The molecule has 5 nitrogen and oxygen atoms in total. The van der Waals surface area contributed by atoms with Gasteiger partial charge < -0.3 is 9.84 Å². The third-order valence-corrected chi connectivity index (χ3v) is 5.29. The summed E-state index contributed by atoms with van der Waals surface area (Å²) in [6.07, 6.45) is 1.68. The van der Waals surface area contributed by atoms with E-state index in [2.05, 4.69) is 0 Å². The number of thioether (sulfide) groups is 1. The molecule has 0 saturated carbocycles. The zero-order valence-corrected chi connectivity index (χ0v) is 16.3. The molecule has 0 aromatic heterocycles. The molecule has 0 unspecified atom stereocenters. The van der Waals surface area contributed by atoms with E-state index in [-0.39, 0.29) is 4.32 Å². The van der Waals surface area contributed by atoms with Crippen molar-refractivity contribution in [1.82, 2.24) is 4.90 Å². The van der Waals surface area contributed by atoms with E-state index in [1.165, 1.54) is 0 Å². The molecule has 1 fully saturated rings. The fourth-order valence-electron chi connectivity index (χ4n) is 2.33. The second-order valence-corrected chi connectivity index (χ2v) is 7.76. The summed E-state index contributed by atoms with van der Waals surface area (Å²) >= 11 is 12.0. The Balaban J connectivity index is 1.64. The number of hydrogen-bond acceptors (Lipinski definition) is 5. The molecule has 1 N–H and O–H groups in total. The number of ether oxygens (including phenoxy) is 1. The number of carbonyl (C=O) groups excluding carboxylic acids is 1. The number of aliphatic carboxylic acids is 1. The Bertz CT molecular complexity index is 910. The van der Waals surface area contributed by atoms with Crippen LogP contribution in [0.25, 0.3) is 6.08 Å². The number of thiocarbonyl (C=S) groups is 1. The Kier molecular flexibility index (Phi) is 6.15. The van der Waals surface area contributed by atoms with E-state index in [4.69, 9.17) is 33.7 Å². The van der Waals surface area contributed by atoms with Gasteiger partial charge in [0.05, 0.1) is 4.91 Å². The molecular formula is C19H14ClNO4S2. The highest BCUT2D eigenvalue weighted by Gasteiger charge is 2.33. The predicted octanol–water partition coefficient (Wildman–Crippen LogP) is 4.20. The van der Waals surface area contributed by atoms with Crippen LogP contribution in [-0.2, 0) is 16.2 Å². The van der Waals surface area contributed by atoms with Crippen molar-refractivity contribution < 1.29 is 19.4 Å². The Hall–Kier alpha value is -2.35. The standard InChI is InChI=1S/C19H14ClNO4S2/c20-14-5-1-13(2-6-14)11-25-15-7-3-12(4-8-15)9-16-18(24)21(10-17(22)23)19(26)27-16/h1-9H,10-11H2,(H,22,23). The zero-order chi connectivity index (χ0) is 19.4. The van der Waals surface area contributed by atoms with Gasteiger partial charge in [-0.2, -0.15) is 0 Å². The minimum Gasteiger partial charge on any atom is -0.489 e. The number of halogens is 1. The minimum atomic E-state index is -1.10. The first-order chi connectivity index (χ1) is 12.9. The van der Waals surface area contributed by atoms with Gasteiger partial charge in [0, 0.05) is 5.02 Å². The quantitative estimate of drug-likeness (QED) is 0.559. The van der Waals surface area contributed by atoms with E-state index < -0.39 is 18.4 Å². The van der Waals surface area contributed by atoms with Gasteiger partial charge in [0.25, 0.3) is 5.91 Å². The van der Waals surface area contributed by atoms with Crippen LogP contribution in [0.3, 0.4) is 0 Å². The molecule has 2 aromatic carbocycles. The molecule has 0 radical (unpaired) electrons. The topological polar surface area (TPSA) is 66.8 Å². The van der Waals surface area contributed by atoms with Gasteiger partial charge >= 0.3 is 5.97 Å². The van der Waals surface area contributed by atoms with Crippen LogP contribution in [0.4, 0.5) is 0 Å². The average molecular weight is 420 g/mol. The summed E-state index contributed by atoms with van der Waals surface area (Å²) in [5, 5.41) is 9.54. The van der Waals surface area contributed by atoms with Gasteiger partial charge in [-0.3, -0.25) is 14.5 Å². The molecule has 3 rings (SSSR count). The second-order valence-electron chi connectivity index (χ2n) is 5.65. The van der Waals surface area contributed by atoms with Crippen LogP contribution in [0.1, 0.15) is 11.1 Å². The Morgan fingerprint density at radius 2 is 1.85 bits per heavy atom. The highest BCUT2D eigenvalue weighted by molar-refractivity contribution is 8.26. The van der Waals surface area contributed by atoms with Crippen LogP contribution in [0, 0.1) is 0 Å². The maximum Gasteiger partial charge on any atom is 0.323 e. The summed E-state index contributed by atoms with van der Waals surface area (Å²) in [6, 6.07) is 14.7. The molecule has 1 aliphatic rings. The first-order valence-electron chi connectivity index (χ1n) is 7.87. The SMILES string of the molecule is O=C(O)CN1C(=O)C(=Cc2ccc(OCc3ccc(Cl)cc3)cc2)SC1=S. The number of rotatable bonds is 6. The lowest BCUT2D eigenvalue weighted by Gasteiger charge is -2.10. The molecule has 1 aliphatic heterocycles. The van der Waals surface area contributed by atoms with Gasteiger partial charge in [-0.25, -0.2) is 0 Å². The van der Waals surface area contributed by atoms with E-state index >= 15 is 0 Å². The third kappa shape index (κ3) is 5.09. The second kappa shape index (κ2) is 8.56. The third-order valence-electron chi connectivity index (χ3n) is 3.66. The number of carbonyl (C=O) groups is 2. The van der Waals surface area contributed by atoms with Gasteiger partial charge in [0.15, 0.2) is 0 Å². The number of nitrogens with zero attached hydrogens (tertiary/aromatic N) is 1. The molecule has 0 spiro atoms. The minimum absolute atomic E-state index is 0.247. The molecule has 1 amide bonds. The first kappa shape index (κ1) is 19.4. The van der Waals surface area contributed by atoms with Gasteiger partial charge in [0.1, 0.15) is 23.2 Å². The van der Waals surface area contributed by atoms with Crippen molar-refractivity contribution in [3.8, 4) is 5.75 Å². The monoisotopic (exact) mass is 419 g/mol. The van der Waals surface area contributed by atoms with Gasteiger partial charge in [-0.05, 0) is 41.5 Å². The molecule has 0 aliphatic carbocycles. The van der Waals surface area contributed by atoms with Crippen molar-refractivity contribution in [2.24, 2.45) is 0 Å². The number of carboxylic acid groups (broad SMARTS) is 1. The van der Waals surface area contributed by atoms with Crippen molar-refractivity contribution in [2.45, 2.75) is 6.61 Å². The molecule has 0 atom stereocenters. The summed E-state index contributed by atoms with van der Waals surface area (Å²) in [5.41, 5.74) is 1.80. The first-order valence-corrected chi connectivity index (χ1v) is 9.47. The molecule has 27 heavy (non-hydrogen) atoms. The van der Waals surface area contributed by atoms with Crippen LogP contribution < -0.4 is 4.74 Å². The Labute approximate surface area is 170 Å². The molecule has 1 saturated heterocycles. The van der Waals surface area contributed by atoms with E-state index in [1.807, 2.05) is 36.4 Å². The van der Waals surface area contributed by atoms with E-state index in [0.717, 1.165) is 27.8 Å². The van der Waals surface area contributed by atoms with Crippen LogP contribution in [0.2, 0.25) is 5.02 Å². The highest BCUT2D eigenvalue weighted by Crippen LogP contribution is 2.32. The zero-order valence-electron chi connectivity index (χ0n) is 13.9. The predicted molar refractivity (Wildman–Crippen MR) is 110 cm³/mol. The van der Waals surface area contributed by atoms with Crippen LogP contribution >= 0.6 is 35.6 Å². The average Bonchev–Trinajstić information content (AvgIpc) is 2.89. The highest BCUT2D eigenvalue weighted by atomic mass is 35.5. The number of hydrogen-bond donors (Lipinski definition) is 1. The summed E-state index contributed by atoms with van der Waals surface area (Å²) in [6.45, 7) is -0.0101. The van der Waals surface area contributed by atoms with Gasteiger partial charge in [-0.1, -0.05) is 59.8 Å². The summed E-state index contributed by atoms with van der Waals surface area (Å²) in [4.78, 5) is 24.6. The lowest BCUT2D eigenvalue weighted by molar-refractivity contribution is -0.140. The summed E-state index contributed by atoms with van der Waals surface area (Å²) < 4.78 is 5.97. The van der Waals surface area contributed by atoms with Gasteiger partial charge in [0.2, 0.25) is 0 Å². The van der Waals surface area contributed by atoms with E-state index in [1.54, 1.807) is 18.2 Å². The van der Waals surface area contributed by atoms with Crippen LogP contribution in [0.5, 0.6) is 5.75 Å². The van der Waals surface area contributed by atoms with E-state index in [0.29, 0.717) is 22.3 Å². The van der Waals surface area contributed by atoms with Gasteiger partial charge in [-0.15, -0.1) is 0 Å². The maximum atomic E-state index is 12.3. The number of carboxylic acids is 1. The van der Waals surface area contributed by atoms with Crippen molar-refractivity contribution in [3.05, 3.63) is 69.6 Å². The Morgan fingerprint density at radius 1 is 1.19 bits per heavy atom. The Morgan fingerprint density at radius 3 is 2.48 bits per heavy atom. The largest absolute Gasteiger partial charge is 0.489 e. The summed E-state index contributed by atoms with van der Waals surface area (Å²) in [7, 11) is 0. The molecule has 8 heteroatoms. The van der Waals surface area contributed by atoms with Crippen molar-refractivity contribution >= 4 is 57.9 Å². The molecule has 1 heterocycles. The molecular weight excluding hydrogens is 406 g/mol. The van der Waals surface area contributed by atoms with E-state index in [9.17, 15) is 9.59 Å². The van der Waals surface area contributed by atoms with Crippen molar-refractivity contribution in [2.75, 3.05) is 6.54 Å².